The highest BCUT2D eigenvalue weighted by Gasteiger charge is 2.40. The molecule has 2 aliphatic heterocycles. The van der Waals surface area contributed by atoms with Gasteiger partial charge in [0.2, 0.25) is 11.8 Å². The molecule has 0 spiro atoms. The van der Waals surface area contributed by atoms with E-state index < -0.39 is 5.67 Å². The maximum atomic E-state index is 14.5. The van der Waals surface area contributed by atoms with Gasteiger partial charge in [-0.05, 0) is 58.1 Å². The largest absolute Gasteiger partial charge is 0.339 e. The number of rotatable bonds is 7. The first-order chi connectivity index (χ1) is 19.6. The number of aromatic nitrogens is 4. The normalized spacial score (nSPS) is 21.4. The van der Waals surface area contributed by atoms with Gasteiger partial charge in [-0.3, -0.25) is 4.79 Å². The van der Waals surface area contributed by atoms with Crippen LogP contribution in [0.3, 0.4) is 0 Å². The highest BCUT2D eigenvalue weighted by Crippen LogP contribution is 2.35. The number of hydrogen-bond donors (Lipinski definition) is 1. The minimum Gasteiger partial charge on any atom is -0.339 e. The number of amides is 1. The van der Waals surface area contributed by atoms with Crippen LogP contribution in [-0.4, -0.2) is 75.2 Å². The Morgan fingerprint density at radius 1 is 1.07 bits per heavy atom. The molecule has 1 amide bonds. The number of carbonyl (C=O) groups is 1. The van der Waals surface area contributed by atoms with Crippen LogP contribution in [-0.2, 0) is 5.67 Å². The lowest BCUT2D eigenvalue weighted by Gasteiger charge is -2.38. The van der Waals surface area contributed by atoms with Crippen LogP contribution in [0.25, 0.3) is 0 Å². The third-order valence-electron chi connectivity index (χ3n) is 8.33. The summed E-state index contributed by atoms with van der Waals surface area (Å²) in [5.74, 6) is 0.0139. The molecule has 2 N–H and O–H groups in total. The van der Waals surface area contributed by atoms with Crippen LogP contribution >= 0.6 is 12.4 Å². The number of hydrogen-bond acceptors (Lipinski definition) is 9. The van der Waals surface area contributed by atoms with Crippen molar-refractivity contribution >= 4 is 30.3 Å². The van der Waals surface area contributed by atoms with Gasteiger partial charge < -0.3 is 25.0 Å². The van der Waals surface area contributed by atoms with E-state index in [0.717, 1.165) is 31.2 Å². The van der Waals surface area contributed by atoms with Crippen LogP contribution in [0.5, 0.6) is 0 Å². The van der Waals surface area contributed by atoms with E-state index in [9.17, 15) is 13.6 Å². The summed E-state index contributed by atoms with van der Waals surface area (Å²) in [5.41, 5.74) is 6.78. The molecule has 6 rings (SSSR count). The Morgan fingerprint density at radius 3 is 2.36 bits per heavy atom. The van der Waals surface area contributed by atoms with Gasteiger partial charge >= 0.3 is 6.01 Å². The SMILES string of the molecule is Cc1ccc(F)c([C@H]2CN(c3ncc(C(=O)N(C4CC4)C4CCN(c5nc(C(C)(C)F)no5)CC4)cn3)C[C@@H]2N)c1.Cl. The zero-order valence-electron chi connectivity index (χ0n) is 24.0. The van der Waals surface area contributed by atoms with Crippen LogP contribution < -0.4 is 15.5 Å². The fraction of sp³-hybridized carbons (Fsp3) is 0.552. The molecule has 1 aliphatic carbocycles. The Bertz CT molecular complexity index is 1400. The first-order valence-electron chi connectivity index (χ1n) is 14.3. The van der Waals surface area contributed by atoms with E-state index in [1.807, 2.05) is 27.7 Å². The van der Waals surface area contributed by atoms with Crippen LogP contribution in [0, 0.1) is 12.7 Å². The molecule has 0 unspecified atom stereocenters. The molecule has 2 aromatic heterocycles. The van der Waals surface area contributed by atoms with Crippen LogP contribution in [0.15, 0.2) is 35.1 Å². The van der Waals surface area contributed by atoms with Gasteiger partial charge in [-0.15, -0.1) is 12.4 Å². The van der Waals surface area contributed by atoms with E-state index in [2.05, 4.69) is 20.1 Å². The lowest BCUT2D eigenvalue weighted by atomic mass is 9.93. The number of piperidine rings is 1. The molecule has 1 aromatic carbocycles. The maximum Gasteiger partial charge on any atom is 0.324 e. The van der Waals surface area contributed by atoms with Gasteiger partial charge in [0, 0.05) is 62.6 Å². The van der Waals surface area contributed by atoms with Gasteiger partial charge in [0.15, 0.2) is 5.67 Å². The number of anilines is 2. The zero-order valence-corrected chi connectivity index (χ0v) is 24.9. The van der Waals surface area contributed by atoms with Crippen molar-refractivity contribution in [3.8, 4) is 0 Å². The summed E-state index contributed by atoms with van der Waals surface area (Å²) in [6, 6.07) is 5.42. The molecule has 2 atom stereocenters. The summed E-state index contributed by atoms with van der Waals surface area (Å²) in [6.45, 7) is 6.99. The Kier molecular flexibility index (Phi) is 8.39. The molecule has 226 valence electrons. The van der Waals surface area contributed by atoms with Crippen molar-refractivity contribution in [2.75, 3.05) is 36.0 Å². The van der Waals surface area contributed by atoms with Crippen LogP contribution in [0.4, 0.5) is 20.7 Å². The number of aryl methyl sites for hydroxylation is 1. The molecular weight excluding hydrogens is 566 g/mol. The molecule has 3 fully saturated rings. The standard InChI is InChI=1S/C29H36F2N8O2.ClH/c1-17-4-7-23(30)21(12-17)22-15-38(16-24(22)32)27-33-13-18(14-34-27)25(40)39(19-5-6-19)20-8-10-37(11-9-20)28-35-26(36-41-28)29(2,3)31;/h4,7,12-14,19-20,22,24H,5-6,8-11,15-16,32H2,1-3H3;1H/t22-,24+;/m1./s1. The Hall–Kier alpha value is -3.38. The van der Waals surface area contributed by atoms with Gasteiger partial charge in [0.1, 0.15) is 5.82 Å². The van der Waals surface area contributed by atoms with Crippen LogP contribution in [0.1, 0.15) is 72.8 Å². The van der Waals surface area contributed by atoms with Crippen molar-refractivity contribution < 1.29 is 18.1 Å². The number of carbonyl (C=O) groups excluding carboxylic acids is 1. The van der Waals surface area contributed by atoms with E-state index in [0.29, 0.717) is 49.3 Å². The van der Waals surface area contributed by atoms with E-state index in [-0.39, 0.29) is 54.0 Å². The fourth-order valence-electron chi connectivity index (χ4n) is 5.92. The van der Waals surface area contributed by atoms with E-state index in [1.165, 1.54) is 19.9 Å². The quantitative estimate of drug-likeness (QED) is 0.426. The second-order valence-electron chi connectivity index (χ2n) is 12.0. The second-order valence-corrected chi connectivity index (χ2v) is 12.0. The van der Waals surface area contributed by atoms with Gasteiger partial charge in [0.05, 0.1) is 5.56 Å². The summed E-state index contributed by atoms with van der Waals surface area (Å²) < 4.78 is 34.0. The van der Waals surface area contributed by atoms with Crippen molar-refractivity contribution in [1.82, 2.24) is 25.0 Å². The number of benzene rings is 1. The maximum absolute atomic E-state index is 14.5. The van der Waals surface area contributed by atoms with Gasteiger partial charge in [-0.25, -0.2) is 18.7 Å². The molecule has 1 saturated carbocycles. The summed E-state index contributed by atoms with van der Waals surface area (Å²) in [7, 11) is 0. The molecule has 13 heteroatoms. The van der Waals surface area contributed by atoms with E-state index >= 15 is 0 Å². The Balaban J connectivity index is 0.00000353. The minimum atomic E-state index is -1.67. The molecule has 3 aromatic rings. The van der Waals surface area contributed by atoms with Crippen LogP contribution in [0.2, 0.25) is 0 Å². The molecule has 4 heterocycles. The highest BCUT2D eigenvalue weighted by atomic mass is 35.5. The minimum absolute atomic E-state index is 0. The monoisotopic (exact) mass is 602 g/mol. The first kappa shape index (κ1) is 30.1. The molecule has 0 bridgehead atoms. The molecule has 42 heavy (non-hydrogen) atoms. The average Bonchev–Trinajstić information content (AvgIpc) is 3.49. The second kappa shape index (κ2) is 11.7. The third-order valence-corrected chi connectivity index (χ3v) is 8.33. The van der Waals surface area contributed by atoms with E-state index in [4.69, 9.17) is 10.3 Å². The zero-order chi connectivity index (χ0) is 28.9. The molecule has 10 nitrogen and oxygen atoms in total. The first-order valence-corrected chi connectivity index (χ1v) is 14.3. The average molecular weight is 603 g/mol. The van der Waals surface area contributed by atoms with Gasteiger partial charge in [-0.1, -0.05) is 22.9 Å². The smallest absolute Gasteiger partial charge is 0.324 e. The van der Waals surface area contributed by atoms with Gasteiger partial charge in [0.25, 0.3) is 5.91 Å². The third kappa shape index (κ3) is 6.05. The van der Waals surface area contributed by atoms with Crippen molar-refractivity contribution in [2.24, 2.45) is 5.73 Å². The number of halogens is 3. The topological polar surface area (TPSA) is 118 Å². The molecular formula is C29H37ClF2N8O2. The van der Waals surface area contributed by atoms with E-state index in [1.54, 1.807) is 18.5 Å². The fourth-order valence-corrected chi connectivity index (χ4v) is 5.92. The predicted octanol–water partition coefficient (Wildman–Crippen LogP) is 4.14. The van der Waals surface area contributed by atoms with Crippen molar-refractivity contribution in [3.05, 3.63) is 58.9 Å². The summed E-state index contributed by atoms with van der Waals surface area (Å²) in [4.78, 5) is 32.8. The van der Waals surface area contributed by atoms with Crippen molar-refractivity contribution in [3.63, 3.8) is 0 Å². The van der Waals surface area contributed by atoms with Gasteiger partial charge in [-0.2, -0.15) is 4.98 Å². The molecule has 0 radical (unpaired) electrons. The summed E-state index contributed by atoms with van der Waals surface area (Å²) in [6.07, 6.45) is 6.60. The lowest BCUT2D eigenvalue weighted by Crippen LogP contribution is -2.48. The number of nitrogens with two attached hydrogens (primary N) is 1. The predicted molar refractivity (Wildman–Crippen MR) is 156 cm³/mol. The number of nitrogens with zero attached hydrogens (tertiary/aromatic N) is 7. The summed E-state index contributed by atoms with van der Waals surface area (Å²) in [5, 5.41) is 3.78. The Labute approximate surface area is 250 Å². The highest BCUT2D eigenvalue weighted by molar-refractivity contribution is 5.94. The number of alkyl halides is 1. The van der Waals surface area contributed by atoms with Crippen molar-refractivity contribution in [1.29, 1.82) is 0 Å². The molecule has 2 saturated heterocycles. The Morgan fingerprint density at radius 2 is 1.74 bits per heavy atom. The summed E-state index contributed by atoms with van der Waals surface area (Å²) >= 11 is 0. The van der Waals surface area contributed by atoms with Crippen molar-refractivity contribution in [2.45, 2.75) is 76.2 Å². The molecule has 3 aliphatic rings. The lowest BCUT2D eigenvalue weighted by molar-refractivity contribution is 0.0628.